The number of rotatable bonds is 8. The molecule has 34 heavy (non-hydrogen) atoms. The number of nitrogens with zero attached hydrogens (tertiary/aromatic N) is 4. The van der Waals surface area contributed by atoms with Gasteiger partial charge in [-0.25, -0.2) is 13.9 Å². The Labute approximate surface area is 205 Å². The Hall–Kier alpha value is -1.15. The molecule has 4 rings (SSSR count). The monoisotopic (exact) mass is 537 g/mol. The fraction of sp³-hybridized carbons (Fsp3) is 0.737. The highest BCUT2D eigenvalue weighted by atomic mass is 33.1. The number of fused-ring (bicyclic) bond motifs is 2. The molecule has 2 aliphatic rings. The van der Waals surface area contributed by atoms with Gasteiger partial charge >= 0.3 is 7.82 Å². The number of anilines is 1. The molecule has 2 saturated heterocycles. The van der Waals surface area contributed by atoms with Crippen LogP contribution in [0.3, 0.4) is 0 Å². The first-order valence-corrected chi connectivity index (χ1v) is 14.6. The van der Waals surface area contributed by atoms with Gasteiger partial charge in [-0.2, -0.15) is 9.97 Å². The van der Waals surface area contributed by atoms with Gasteiger partial charge in [-0.1, -0.05) is 42.4 Å². The summed E-state index contributed by atoms with van der Waals surface area (Å²) in [7, 11) is -0.676. The zero-order valence-electron chi connectivity index (χ0n) is 19.6. The van der Waals surface area contributed by atoms with Crippen LogP contribution < -0.4 is 10.5 Å². The van der Waals surface area contributed by atoms with Gasteiger partial charge in [-0.15, -0.1) is 0 Å². The van der Waals surface area contributed by atoms with E-state index < -0.39 is 31.9 Å². The number of imidazole rings is 1. The molecule has 2 fully saturated rings. The number of nitrogen functional groups attached to an aromatic ring is 1. The Bertz CT molecular complexity index is 1080. The molecule has 2 aliphatic heterocycles. The van der Waals surface area contributed by atoms with Gasteiger partial charge in [0, 0.05) is 10.5 Å². The van der Waals surface area contributed by atoms with Crippen molar-refractivity contribution >= 4 is 46.5 Å². The minimum atomic E-state index is -3.95. The highest BCUT2D eigenvalue weighted by molar-refractivity contribution is 8.77. The van der Waals surface area contributed by atoms with Crippen LogP contribution in [0, 0.1) is 0 Å². The topological polar surface area (TPSA) is 133 Å². The van der Waals surface area contributed by atoms with E-state index >= 15 is 4.39 Å². The maximum atomic E-state index is 16.1. The molecule has 11 nitrogen and oxygen atoms in total. The Morgan fingerprint density at radius 3 is 2.88 bits per heavy atom. The normalized spacial score (nSPS) is 31.6. The zero-order chi connectivity index (χ0) is 24.7. The van der Waals surface area contributed by atoms with E-state index in [4.69, 9.17) is 28.8 Å². The van der Waals surface area contributed by atoms with Gasteiger partial charge in [-0.05, 0) is 13.8 Å². The van der Waals surface area contributed by atoms with Crippen LogP contribution >= 0.6 is 29.4 Å². The third-order valence-corrected chi connectivity index (χ3v) is 9.74. The number of nitrogens with two attached hydrogens (primary N) is 1. The van der Waals surface area contributed by atoms with Crippen molar-refractivity contribution in [2.24, 2.45) is 0 Å². The third kappa shape index (κ3) is 5.32. The molecule has 0 bridgehead atoms. The zero-order valence-corrected chi connectivity index (χ0v) is 22.1. The van der Waals surface area contributed by atoms with E-state index in [0.29, 0.717) is 17.9 Å². The molecule has 0 radical (unpaired) electrons. The van der Waals surface area contributed by atoms with Crippen molar-refractivity contribution in [1.82, 2.24) is 19.5 Å². The number of halogens is 1. The molecule has 15 heteroatoms. The number of phosphoric ester groups is 1. The molecule has 190 valence electrons. The smallest absolute Gasteiger partial charge is 0.475 e. The van der Waals surface area contributed by atoms with Crippen LogP contribution in [0.4, 0.5) is 10.3 Å². The molecule has 2 N–H and O–H groups in total. The second-order valence-electron chi connectivity index (χ2n) is 8.94. The predicted molar refractivity (Wildman–Crippen MR) is 129 cm³/mol. The lowest BCUT2D eigenvalue weighted by atomic mass is 9.98. The van der Waals surface area contributed by atoms with Crippen LogP contribution in [-0.2, 0) is 22.9 Å². The van der Waals surface area contributed by atoms with E-state index in [1.807, 2.05) is 0 Å². The molecule has 2 aromatic heterocycles. The molecule has 5 atom stereocenters. The Morgan fingerprint density at radius 2 is 2.18 bits per heavy atom. The SMILES string of the molecule is CCOc1nc(N)nc2c1ncn2C1OC2COP(=O)(OCCSSC(C)(C)C)OC2C1(C)F. The Kier molecular flexibility index (Phi) is 7.41. The lowest BCUT2D eigenvalue weighted by Gasteiger charge is -2.33. The van der Waals surface area contributed by atoms with Crippen molar-refractivity contribution in [3.63, 3.8) is 0 Å². The number of ether oxygens (including phenoxy) is 2. The van der Waals surface area contributed by atoms with E-state index in [1.54, 1.807) is 28.5 Å². The summed E-state index contributed by atoms with van der Waals surface area (Å²) < 4.78 is 58.4. The highest BCUT2D eigenvalue weighted by Gasteiger charge is 2.61. The molecule has 2 aromatic rings. The maximum Gasteiger partial charge on any atom is 0.475 e. The van der Waals surface area contributed by atoms with Gasteiger partial charge in [0.1, 0.15) is 12.2 Å². The van der Waals surface area contributed by atoms with Gasteiger partial charge in [-0.3, -0.25) is 18.1 Å². The van der Waals surface area contributed by atoms with Crippen molar-refractivity contribution in [1.29, 1.82) is 0 Å². The van der Waals surface area contributed by atoms with Crippen LogP contribution in [0.1, 0.15) is 40.8 Å². The third-order valence-electron chi connectivity index (χ3n) is 4.99. The quantitative estimate of drug-likeness (QED) is 0.295. The van der Waals surface area contributed by atoms with E-state index in [2.05, 4.69) is 35.7 Å². The van der Waals surface area contributed by atoms with Crippen molar-refractivity contribution < 1.29 is 32.0 Å². The van der Waals surface area contributed by atoms with E-state index in [-0.39, 0.29) is 35.4 Å². The summed E-state index contributed by atoms with van der Waals surface area (Å²) in [6.45, 7) is 9.74. The van der Waals surface area contributed by atoms with Crippen LogP contribution in [0.2, 0.25) is 0 Å². The molecular formula is C19H29FN5O6PS2. The standard InChI is InChI=1S/C19H29FN5O6PS2/c1-6-27-15-12-14(23-17(21)24-15)25(10-22-12)16-19(5,20)13-11(30-16)9-29-32(26,31-13)28-7-8-33-34-18(2,3)4/h10-11,13,16H,6-9H2,1-5H3,(H2,21,23,24). The minimum Gasteiger partial charge on any atom is -0.476 e. The second kappa shape index (κ2) is 9.72. The molecule has 0 amide bonds. The average molecular weight is 538 g/mol. The van der Waals surface area contributed by atoms with Gasteiger partial charge in [0.15, 0.2) is 23.1 Å². The lowest BCUT2D eigenvalue weighted by Crippen LogP contribution is -2.44. The number of phosphoric acid groups is 1. The fourth-order valence-corrected chi connectivity index (χ4v) is 7.32. The highest BCUT2D eigenvalue weighted by Crippen LogP contribution is 2.59. The summed E-state index contributed by atoms with van der Waals surface area (Å²) in [4.78, 5) is 12.5. The van der Waals surface area contributed by atoms with Crippen LogP contribution in [-0.4, -0.2) is 67.7 Å². The second-order valence-corrected chi connectivity index (χ2v) is 13.8. The largest absolute Gasteiger partial charge is 0.476 e. The number of hydrogen-bond acceptors (Lipinski definition) is 12. The van der Waals surface area contributed by atoms with Crippen molar-refractivity contribution in [3.05, 3.63) is 6.33 Å². The van der Waals surface area contributed by atoms with Crippen LogP contribution in [0.25, 0.3) is 11.2 Å². The molecule has 0 aliphatic carbocycles. The first kappa shape index (κ1) is 25.9. The lowest BCUT2D eigenvalue weighted by molar-refractivity contribution is -0.0701. The maximum absolute atomic E-state index is 16.1. The van der Waals surface area contributed by atoms with Gasteiger partial charge < -0.3 is 15.2 Å². The molecule has 5 unspecified atom stereocenters. The summed E-state index contributed by atoms with van der Waals surface area (Å²) in [6.07, 6.45) is -1.80. The number of alkyl halides is 1. The number of aromatic nitrogens is 4. The van der Waals surface area contributed by atoms with Gasteiger partial charge in [0.25, 0.3) is 0 Å². The van der Waals surface area contributed by atoms with Crippen LogP contribution in [0.5, 0.6) is 5.88 Å². The van der Waals surface area contributed by atoms with Crippen molar-refractivity contribution in [2.75, 3.05) is 31.3 Å². The average Bonchev–Trinajstić information content (AvgIpc) is 3.25. The molecule has 4 heterocycles. The Balaban J connectivity index is 1.49. The Morgan fingerprint density at radius 1 is 1.41 bits per heavy atom. The van der Waals surface area contributed by atoms with E-state index in [9.17, 15) is 4.57 Å². The van der Waals surface area contributed by atoms with Crippen LogP contribution in [0.15, 0.2) is 6.33 Å². The first-order chi connectivity index (χ1) is 15.9. The van der Waals surface area contributed by atoms with Crippen molar-refractivity contribution in [2.45, 2.75) is 63.5 Å². The summed E-state index contributed by atoms with van der Waals surface area (Å²) >= 11 is 0. The minimum absolute atomic E-state index is 0.0475. The summed E-state index contributed by atoms with van der Waals surface area (Å²) in [5.74, 6) is 0.719. The van der Waals surface area contributed by atoms with E-state index in [1.165, 1.54) is 17.8 Å². The summed E-state index contributed by atoms with van der Waals surface area (Å²) in [5.41, 5.74) is 4.28. The first-order valence-electron chi connectivity index (χ1n) is 10.8. The molecular weight excluding hydrogens is 508 g/mol. The molecule has 0 aromatic carbocycles. The predicted octanol–water partition coefficient (Wildman–Crippen LogP) is 4.15. The van der Waals surface area contributed by atoms with Gasteiger partial charge in [0.05, 0.1) is 26.1 Å². The molecule has 0 saturated carbocycles. The molecule has 0 spiro atoms. The summed E-state index contributed by atoms with van der Waals surface area (Å²) in [5, 5.41) is 0. The number of hydrogen-bond donors (Lipinski definition) is 1. The summed E-state index contributed by atoms with van der Waals surface area (Å²) in [6, 6.07) is 0. The fourth-order valence-electron chi connectivity index (χ4n) is 3.63. The van der Waals surface area contributed by atoms with E-state index in [0.717, 1.165) is 0 Å². The van der Waals surface area contributed by atoms with Crippen molar-refractivity contribution in [3.8, 4) is 5.88 Å². The van der Waals surface area contributed by atoms with Gasteiger partial charge in [0.2, 0.25) is 11.8 Å².